The molecule has 3 heterocycles. The average Bonchev–Trinajstić information content (AvgIpc) is 2.99. The topological polar surface area (TPSA) is 48.9 Å². The van der Waals surface area contributed by atoms with Crippen LogP contribution in [0.2, 0.25) is 0 Å². The fourth-order valence-electron chi connectivity index (χ4n) is 7.09. The maximum absolute atomic E-state index is 9.35. The summed E-state index contributed by atoms with van der Waals surface area (Å²) in [7, 11) is 4.22. The van der Waals surface area contributed by atoms with Gasteiger partial charge in [-0.15, -0.1) is 23.5 Å². The molecule has 1 N–H and O–H groups in total. The second-order valence-electron chi connectivity index (χ2n) is 13.4. The molecule has 0 aromatic rings. The number of ether oxygens (including phenoxy) is 1. The molecule has 10 heteroatoms. The van der Waals surface area contributed by atoms with E-state index < -0.39 is 0 Å². The lowest BCUT2D eigenvalue weighted by Crippen LogP contribution is -2.60. The minimum absolute atomic E-state index is 0.169. The zero-order valence-electron chi connectivity index (χ0n) is 27.8. The Morgan fingerprint density at radius 1 is 0.829 bits per heavy atom. The Bertz CT molecular complexity index is 735. The van der Waals surface area contributed by atoms with Crippen LogP contribution < -0.4 is 0 Å². The lowest BCUT2D eigenvalue weighted by Gasteiger charge is -2.50. The smallest absolute Gasteiger partial charge is 0.0640 e. The van der Waals surface area contributed by atoms with E-state index in [1.165, 1.54) is 38.8 Å². The second-order valence-corrected chi connectivity index (χ2v) is 15.8. The van der Waals surface area contributed by atoms with Gasteiger partial charge in [0, 0.05) is 103 Å². The standard InChI is InChI=1S/C31H64N6O2S2/c1-27(40-7)35-25-28(9-11-30(2,3)36-17-13-34(14-18-36)22-24-39-6)32(5)29(26-35)10-12-31(4,41-8)37-19-15-33(16-20-37)21-23-38/h27-29,38H,9-26H2,1-8H3. The zero-order chi connectivity index (χ0) is 30.0. The maximum Gasteiger partial charge on any atom is 0.0640 e. The van der Waals surface area contributed by atoms with Gasteiger partial charge >= 0.3 is 0 Å². The van der Waals surface area contributed by atoms with Crippen LogP contribution in [-0.2, 0) is 4.74 Å². The Hall–Kier alpha value is 0.380. The minimum Gasteiger partial charge on any atom is -0.395 e. The summed E-state index contributed by atoms with van der Waals surface area (Å²) in [6.07, 6.45) is 9.53. The van der Waals surface area contributed by atoms with Gasteiger partial charge in [0.2, 0.25) is 0 Å². The molecule has 0 amide bonds. The van der Waals surface area contributed by atoms with Crippen molar-refractivity contribution >= 4 is 23.5 Å². The van der Waals surface area contributed by atoms with E-state index in [-0.39, 0.29) is 17.0 Å². The number of likely N-dealkylation sites (N-methyl/N-ethyl adjacent to an activating group) is 1. The average molecular weight is 617 g/mol. The van der Waals surface area contributed by atoms with Crippen LogP contribution in [0.1, 0.15) is 53.4 Å². The molecule has 41 heavy (non-hydrogen) atoms. The molecule has 4 unspecified atom stereocenters. The number of piperazine rings is 3. The van der Waals surface area contributed by atoms with Crippen molar-refractivity contribution in [1.29, 1.82) is 0 Å². The summed E-state index contributed by atoms with van der Waals surface area (Å²) in [5, 5.41) is 9.91. The molecule has 3 fully saturated rings. The van der Waals surface area contributed by atoms with Gasteiger partial charge in [0.25, 0.3) is 0 Å². The van der Waals surface area contributed by atoms with E-state index in [0.717, 1.165) is 72.1 Å². The summed E-state index contributed by atoms with van der Waals surface area (Å²) in [6.45, 7) is 24.1. The zero-order valence-corrected chi connectivity index (χ0v) is 29.4. The van der Waals surface area contributed by atoms with Crippen molar-refractivity contribution in [3.63, 3.8) is 0 Å². The van der Waals surface area contributed by atoms with Crippen LogP contribution in [-0.4, -0.2) is 181 Å². The Morgan fingerprint density at radius 2 is 1.37 bits per heavy atom. The number of aliphatic hydroxyl groups excluding tert-OH is 1. The van der Waals surface area contributed by atoms with Crippen LogP contribution >= 0.6 is 23.5 Å². The molecule has 0 saturated carbocycles. The molecular formula is C31H64N6O2S2. The summed E-state index contributed by atoms with van der Waals surface area (Å²) in [5.74, 6) is 0. The van der Waals surface area contributed by atoms with Gasteiger partial charge in [0.15, 0.2) is 0 Å². The van der Waals surface area contributed by atoms with Gasteiger partial charge in [-0.25, -0.2) is 0 Å². The monoisotopic (exact) mass is 616 g/mol. The molecule has 3 aliphatic rings. The van der Waals surface area contributed by atoms with Crippen LogP contribution in [0.25, 0.3) is 0 Å². The van der Waals surface area contributed by atoms with Gasteiger partial charge in [0.1, 0.15) is 0 Å². The van der Waals surface area contributed by atoms with Gasteiger partial charge in [-0.3, -0.25) is 29.4 Å². The SMILES string of the molecule is COCCN1CCN(C(C)(C)CCC2CN(C(C)SC)CC(CCC(C)(SC)N3CCN(CCO)CC3)N2C)CC1. The van der Waals surface area contributed by atoms with E-state index in [1.54, 1.807) is 7.11 Å². The normalized spacial score (nSPS) is 27.7. The number of methoxy groups -OCH3 is 1. The van der Waals surface area contributed by atoms with E-state index >= 15 is 0 Å². The molecule has 0 bridgehead atoms. The molecule has 0 aromatic carbocycles. The lowest BCUT2D eigenvalue weighted by molar-refractivity contribution is 0.00504. The van der Waals surface area contributed by atoms with Crippen molar-refractivity contribution in [2.24, 2.45) is 0 Å². The van der Waals surface area contributed by atoms with Crippen molar-refractivity contribution in [1.82, 2.24) is 29.4 Å². The van der Waals surface area contributed by atoms with E-state index in [1.807, 2.05) is 23.5 Å². The quantitative estimate of drug-likeness (QED) is 0.280. The third-order valence-electron chi connectivity index (χ3n) is 10.7. The van der Waals surface area contributed by atoms with E-state index in [9.17, 15) is 5.11 Å². The number of hydrogen-bond donors (Lipinski definition) is 1. The van der Waals surface area contributed by atoms with Crippen molar-refractivity contribution in [3.8, 4) is 0 Å². The highest BCUT2D eigenvalue weighted by atomic mass is 32.2. The predicted octanol–water partition coefficient (Wildman–Crippen LogP) is 2.97. The number of thioether (sulfide) groups is 2. The summed E-state index contributed by atoms with van der Waals surface area (Å²) >= 11 is 4.03. The molecule has 8 nitrogen and oxygen atoms in total. The molecule has 0 spiro atoms. The van der Waals surface area contributed by atoms with Gasteiger partial charge in [-0.05, 0) is 72.9 Å². The molecule has 0 aromatic heterocycles. The van der Waals surface area contributed by atoms with Crippen LogP contribution in [0, 0.1) is 0 Å². The summed E-state index contributed by atoms with van der Waals surface area (Å²) in [4.78, 5) is 16.1. The van der Waals surface area contributed by atoms with Crippen LogP contribution in [0.15, 0.2) is 0 Å². The van der Waals surface area contributed by atoms with Gasteiger partial charge in [0.05, 0.1) is 23.5 Å². The van der Waals surface area contributed by atoms with Gasteiger partial charge in [-0.2, -0.15) is 0 Å². The number of aliphatic hydroxyl groups is 1. The van der Waals surface area contributed by atoms with E-state index in [2.05, 4.69) is 76.7 Å². The molecule has 0 aliphatic carbocycles. The largest absolute Gasteiger partial charge is 0.395 e. The highest BCUT2D eigenvalue weighted by Crippen LogP contribution is 2.36. The second kappa shape index (κ2) is 17.2. The van der Waals surface area contributed by atoms with Crippen molar-refractivity contribution in [3.05, 3.63) is 0 Å². The Balaban J connectivity index is 1.58. The third-order valence-corrected chi connectivity index (χ3v) is 13.0. The van der Waals surface area contributed by atoms with E-state index in [4.69, 9.17) is 4.74 Å². The minimum atomic E-state index is 0.169. The first kappa shape index (κ1) is 35.9. The van der Waals surface area contributed by atoms with Crippen LogP contribution in [0.4, 0.5) is 0 Å². The van der Waals surface area contributed by atoms with Crippen molar-refractivity contribution in [2.45, 2.75) is 81.2 Å². The Kier molecular flexibility index (Phi) is 15.0. The number of hydrogen-bond acceptors (Lipinski definition) is 10. The Morgan fingerprint density at radius 3 is 1.88 bits per heavy atom. The summed E-state index contributed by atoms with van der Waals surface area (Å²) in [5.41, 5.74) is 0.229. The molecule has 4 atom stereocenters. The summed E-state index contributed by atoms with van der Waals surface area (Å²) < 4.78 is 5.30. The lowest BCUT2D eigenvalue weighted by atomic mass is 9.90. The molecule has 3 saturated heterocycles. The Labute approximate surface area is 261 Å². The van der Waals surface area contributed by atoms with Crippen LogP contribution in [0.5, 0.6) is 0 Å². The molecular weight excluding hydrogens is 553 g/mol. The van der Waals surface area contributed by atoms with Gasteiger partial charge in [-0.1, -0.05) is 0 Å². The van der Waals surface area contributed by atoms with Crippen molar-refractivity contribution < 1.29 is 9.84 Å². The van der Waals surface area contributed by atoms with Crippen LogP contribution in [0.3, 0.4) is 0 Å². The maximum atomic E-state index is 9.35. The first-order valence-corrected chi connectivity index (χ1v) is 18.7. The summed E-state index contributed by atoms with van der Waals surface area (Å²) in [6, 6.07) is 1.20. The highest BCUT2D eigenvalue weighted by molar-refractivity contribution is 7.99. The fraction of sp³-hybridized carbons (Fsp3) is 1.00. The molecule has 0 radical (unpaired) electrons. The highest BCUT2D eigenvalue weighted by Gasteiger charge is 2.39. The number of β-amino-alcohol motifs (C(OH)–C–C–N with tert-alkyl or cyclic N) is 1. The van der Waals surface area contributed by atoms with Gasteiger partial charge < -0.3 is 9.84 Å². The van der Waals surface area contributed by atoms with E-state index in [0.29, 0.717) is 17.5 Å². The predicted molar refractivity (Wildman–Crippen MR) is 179 cm³/mol. The number of rotatable bonds is 16. The molecule has 3 rings (SSSR count). The third kappa shape index (κ3) is 10.2. The first-order valence-electron chi connectivity index (χ1n) is 16.2. The first-order chi connectivity index (χ1) is 19.6. The molecule has 3 aliphatic heterocycles. The molecule has 242 valence electrons. The van der Waals surface area contributed by atoms with Crippen molar-refractivity contribution in [2.75, 3.05) is 118 Å². The fourth-order valence-corrected chi connectivity index (χ4v) is 8.33. The number of nitrogens with zero attached hydrogens (tertiary/aromatic N) is 6.